The number of anilines is 1. The smallest absolute Gasteiger partial charge is 0.169 e. The molecule has 1 aliphatic heterocycles. The minimum Gasteiger partial charge on any atom is -0.485 e. The minimum atomic E-state index is 0.238. The molecule has 1 aromatic rings. The Morgan fingerprint density at radius 2 is 2.54 bits per heavy atom. The molecule has 1 aliphatic rings. The fourth-order valence-electron chi connectivity index (χ4n) is 1.51. The molecule has 2 heterocycles. The quantitative estimate of drug-likeness (QED) is 0.712. The van der Waals surface area contributed by atoms with Crippen LogP contribution in [0.1, 0.15) is 19.4 Å². The number of fused-ring (bicyclic) bond motifs is 1. The molecule has 1 atom stereocenters. The molecule has 1 N–H and O–H groups in total. The summed E-state index contributed by atoms with van der Waals surface area (Å²) in [6.45, 7) is 5.02. The van der Waals surface area contributed by atoms with Crippen molar-refractivity contribution in [3.63, 3.8) is 0 Å². The van der Waals surface area contributed by atoms with Gasteiger partial charge in [-0.3, -0.25) is 0 Å². The Morgan fingerprint density at radius 3 is 3.31 bits per heavy atom. The average Bonchev–Trinajstić information content (AvgIpc) is 2.17. The lowest BCUT2D eigenvalue weighted by Crippen LogP contribution is -2.28. The average molecular weight is 178 g/mol. The SMILES string of the molecule is CCc1ccnc2c1O[C@@H](C)CN2. The number of aromatic nitrogens is 1. The Balaban J connectivity index is 2.41. The molecular formula is C10H14N2O. The molecule has 2 rings (SSSR count). The van der Waals surface area contributed by atoms with Gasteiger partial charge in [0.2, 0.25) is 0 Å². The van der Waals surface area contributed by atoms with Crippen molar-refractivity contribution in [3.05, 3.63) is 17.8 Å². The molecule has 1 aromatic heterocycles. The van der Waals surface area contributed by atoms with Crippen LogP contribution in [0.15, 0.2) is 12.3 Å². The highest BCUT2D eigenvalue weighted by molar-refractivity contribution is 5.56. The van der Waals surface area contributed by atoms with Crippen molar-refractivity contribution in [1.82, 2.24) is 4.98 Å². The number of pyridine rings is 1. The van der Waals surface area contributed by atoms with Gasteiger partial charge in [-0.2, -0.15) is 0 Å². The second-order valence-electron chi connectivity index (χ2n) is 3.31. The molecule has 3 nitrogen and oxygen atoms in total. The Morgan fingerprint density at radius 1 is 1.69 bits per heavy atom. The lowest BCUT2D eigenvalue weighted by atomic mass is 10.1. The van der Waals surface area contributed by atoms with E-state index in [1.165, 1.54) is 5.56 Å². The largest absolute Gasteiger partial charge is 0.485 e. The molecule has 13 heavy (non-hydrogen) atoms. The van der Waals surface area contributed by atoms with E-state index in [-0.39, 0.29) is 6.10 Å². The third-order valence-corrected chi connectivity index (χ3v) is 2.24. The van der Waals surface area contributed by atoms with Crippen molar-refractivity contribution >= 4 is 5.82 Å². The fourth-order valence-corrected chi connectivity index (χ4v) is 1.51. The highest BCUT2D eigenvalue weighted by Gasteiger charge is 2.18. The fraction of sp³-hybridized carbons (Fsp3) is 0.500. The van der Waals surface area contributed by atoms with E-state index >= 15 is 0 Å². The van der Waals surface area contributed by atoms with Crippen molar-refractivity contribution in [1.29, 1.82) is 0 Å². The van der Waals surface area contributed by atoms with Gasteiger partial charge in [0.15, 0.2) is 11.6 Å². The zero-order valence-electron chi connectivity index (χ0n) is 8.00. The number of rotatable bonds is 1. The van der Waals surface area contributed by atoms with Crippen LogP contribution >= 0.6 is 0 Å². The predicted octanol–water partition coefficient (Wildman–Crippen LogP) is 1.84. The molecule has 0 saturated carbocycles. The standard InChI is InChI=1S/C10H14N2O/c1-3-8-4-5-11-10-9(8)13-7(2)6-12-10/h4-5,7H,3,6H2,1-2H3,(H,11,12)/t7-/m0/s1. The summed E-state index contributed by atoms with van der Waals surface area (Å²) < 4.78 is 5.73. The third-order valence-electron chi connectivity index (χ3n) is 2.24. The summed E-state index contributed by atoms with van der Waals surface area (Å²) in [5.41, 5.74) is 1.23. The first kappa shape index (κ1) is 8.35. The number of hydrogen-bond acceptors (Lipinski definition) is 3. The van der Waals surface area contributed by atoms with E-state index in [0.717, 1.165) is 24.5 Å². The van der Waals surface area contributed by atoms with E-state index in [1.54, 1.807) is 0 Å². The van der Waals surface area contributed by atoms with Crippen LogP contribution < -0.4 is 10.1 Å². The van der Waals surface area contributed by atoms with Crippen LogP contribution in [0.25, 0.3) is 0 Å². The van der Waals surface area contributed by atoms with Gasteiger partial charge < -0.3 is 10.1 Å². The van der Waals surface area contributed by atoms with E-state index in [4.69, 9.17) is 4.74 Å². The predicted molar refractivity (Wildman–Crippen MR) is 52.2 cm³/mol. The first-order valence-electron chi connectivity index (χ1n) is 4.69. The maximum absolute atomic E-state index is 5.73. The Kier molecular flexibility index (Phi) is 2.08. The summed E-state index contributed by atoms with van der Waals surface area (Å²) in [5.74, 6) is 1.82. The molecule has 0 aromatic carbocycles. The van der Waals surface area contributed by atoms with Gasteiger partial charge in [-0.25, -0.2) is 4.98 Å². The highest BCUT2D eigenvalue weighted by Crippen LogP contribution is 2.30. The summed E-state index contributed by atoms with van der Waals surface area (Å²) in [6.07, 6.45) is 3.05. The summed E-state index contributed by atoms with van der Waals surface area (Å²) in [5, 5.41) is 3.25. The third kappa shape index (κ3) is 1.46. The summed E-state index contributed by atoms with van der Waals surface area (Å²) in [7, 11) is 0. The molecule has 0 fully saturated rings. The maximum atomic E-state index is 5.73. The second kappa shape index (κ2) is 3.24. The van der Waals surface area contributed by atoms with Crippen LogP contribution in [0, 0.1) is 0 Å². The van der Waals surface area contributed by atoms with Gasteiger partial charge in [-0.05, 0) is 25.0 Å². The van der Waals surface area contributed by atoms with Gasteiger partial charge in [0.25, 0.3) is 0 Å². The molecule has 0 saturated heterocycles. The molecule has 0 radical (unpaired) electrons. The van der Waals surface area contributed by atoms with Crippen LogP contribution in [0.4, 0.5) is 5.82 Å². The van der Waals surface area contributed by atoms with Gasteiger partial charge in [0.1, 0.15) is 6.10 Å². The molecule has 0 bridgehead atoms. The van der Waals surface area contributed by atoms with Crippen LogP contribution in [0.3, 0.4) is 0 Å². The Labute approximate surface area is 78.1 Å². The van der Waals surface area contributed by atoms with Crippen LogP contribution in [0.5, 0.6) is 5.75 Å². The van der Waals surface area contributed by atoms with E-state index < -0.39 is 0 Å². The van der Waals surface area contributed by atoms with Crippen molar-refractivity contribution in [3.8, 4) is 5.75 Å². The summed E-state index contributed by atoms with van der Waals surface area (Å²) in [6, 6.07) is 2.01. The van der Waals surface area contributed by atoms with Gasteiger partial charge >= 0.3 is 0 Å². The van der Waals surface area contributed by atoms with Crippen molar-refractivity contribution < 1.29 is 4.74 Å². The lowest BCUT2D eigenvalue weighted by molar-refractivity contribution is 0.222. The van der Waals surface area contributed by atoms with Crippen molar-refractivity contribution in [2.24, 2.45) is 0 Å². The maximum Gasteiger partial charge on any atom is 0.169 e. The normalized spacial score (nSPS) is 20.0. The summed E-state index contributed by atoms with van der Waals surface area (Å²) in [4.78, 5) is 4.23. The molecule has 0 spiro atoms. The van der Waals surface area contributed by atoms with E-state index in [9.17, 15) is 0 Å². The first-order valence-corrected chi connectivity index (χ1v) is 4.69. The van der Waals surface area contributed by atoms with Gasteiger partial charge in [0, 0.05) is 6.20 Å². The lowest BCUT2D eigenvalue weighted by Gasteiger charge is -2.25. The van der Waals surface area contributed by atoms with Gasteiger partial charge in [-0.15, -0.1) is 0 Å². The van der Waals surface area contributed by atoms with Crippen LogP contribution in [-0.4, -0.2) is 17.6 Å². The first-order chi connectivity index (χ1) is 6.31. The molecule has 0 unspecified atom stereocenters. The zero-order chi connectivity index (χ0) is 9.26. The number of nitrogens with one attached hydrogen (secondary N) is 1. The number of ether oxygens (including phenoxy) is 1. The molecule has 0 amide bonds. The molecule has 0 aliphatic carbocycles. The van der Waals surface area contributed by atoms with Gasteiger partial charge in [-0.1, -0.05) is 6.92 Å². The number of aryl methyl sites for hydroxylation is 1. The number of nitrogens with zero attached hydrogens (tertiary/aromatic N) is 1. The van der Waals surface area contributed by atoms with Crippen LogP contribution in [0.2, 0.25) is 0 Å². The topological polar surface area (TPSA) is 34.1 Å². The summed E-state index contributed by atoms with van der Waals surface area (Å²) >= 11 is 0. The molecule has 70 valence electrons. The van der Waals surface area contributed by atoms with Crippen molar-refractivity contribution in [2.75, 3.05) is 11.9 Å². The van der Waals surface area contributed by atoms with Gasteiger partial charge in [0.05, 0.1) is 6.54 Å². The van der Waals surface area contributed by atoms with E-state index in [2.05, 4.69) is 24.1 Å². The monoisotopic (exact) mass is 178 g/mol. The van der Waals surface area contributed by atoms with E-state index in [0.29, 0.717) is 0 Å². The highest BCUT2D eigenvalue weighted by atomic mass is 16.5. The Hall–Kier alpha value is -1.25. The molecule has 3 heteroatoms. The minimum absolute atomic E-state index is 0.238. The van der Waals surface area contributed by atoms with Crippen molar-refractivity contribution in [2.45, 2.75) is 26.4 Å². The van der Waals surface area contributed by atoms with E-state index in [1.807, 2.05) is 12.3 Å². The molecular weight excluding hydrogens is 164 g/mol. The van der Waals surface area contributed by atoms with Crippen LogP contribution in [-0.2, 0) is 6.42 Å². The second-order valence-corrected chi connectivity index (χ2v) is 3.31. The number of hydrogen-bond donors (Lipinski definition) is 1. The zero-order valence-corrected chi connectivity index (χ0v) is 8.00. The Bertz CT molecular complexity index is 298.